The van der Waals surface area contributed by atoms with Crippen molar-refractivity contribution < 1.29 is 9.90 Å². The standard InChI is InChI=1S/C14H24N4O2/c1-2-12(10-14(19)20)18-13(15-16-17-18)9-11-7-5-3-4-6-8-11/h11-12H,2-10H2,1H3,(H,19,20). The van der Waals surface area contributed by atoms with E-state index in [1.165, 1.54) is 38.5 Å². The van der Waals surface area contributed by atoms with Crippen molar-refractivity contribution in [3.05, 3.63) is 5.82 Å². The van der Waals surface area contributed by atoms with E-state index >= 15 is 0 Å². The first-order valence-corrected chi connectivity index (χ1v) is 7.69. The van der Waals surface area contributed by atoms with E-state index in [4.69, 9.17) is 5.11 Å². The summed E-state index contributed by atoms with van der Waals surface area (Å²) in [4.78, 5) is 10.9. The van der Waals surface area contributed by atoms with Gasteiger partial charge in [-0.15, -0.1) is 5.10 Å². The molecule has 2 rings (SSSR count). The van der Waals surface area contributed by atoms with Crippen LogP contribution in [0.25, 0.3) is 0 Å². The summed E-state index contributed by atoms with van der Waals surface area (Å²) >= 11 is 0. The number of aromatic nitrogens is 4. The van der Waals surface area contributed by atoms with Crippen LogP contribution < -0.4 is 0 Å². The van der Waals surface area contributed by atoms with Crippen molar-refractivity contribution in [1.82, 2.24) is 20.2 Å². The molecule has 112 valence electrons. The number of carboxylic acid groups (broad SMARTS) is 1. The van der Waals surface area contributed by atoms with Crippen LogP contribution in [0.3, 0.4) is 0 Å². The summed E-state index contributed by atoms with van der Waals surface area (Å²) in [6.45, 7) is 1.98. The molecule has 1 aromatic rings. The van der Waals surface area contributed by atoms with Gasteiger partial charge >= 0.3 is 5.97 Å². The first-order chi connectivity index (χ1) is 9.70. The largest absolute Gasteiger partial charge is 0.481 e. The van der Waals surface area contributed by atoms with Crippen molar-refractivity contribution in [3.8, 4) is 0 Å². The Morgan fingerprint density at radius 1 is 1.35 bits per heavy atom. The molecular weight excluding hydrogens is 256 g/mol. The van der Waals surface area contributed by atoms with Gasteiger partial charge in [-0.05, 0) is 22.8 Å². The molecular formula is C14H24N4O2. The lowest BCUT2D eigenvalue weighted by Crippen LogP contribution is -2.19. The molecule has 0 spiro atoms. The number of nitrogens with zero attached hydrogens (tertiary/aromatic N) is 4. The molecule has 0 radical (unpaired) electrons. The molecule has 0 aliphatic heterocycles. The fourth-order valence-electron chi connectivity index (χ4n) is 3.06. The van der Waals surface area contributed by atoms with Crippen LogP contribution in [0.1, 0.15) is 70.2 Å². The molecule has 6 heteroatoms. The van der Waals surface area contributed by atoms with E-state index in [1.807, 2.05) is 6.92 Å². The smallest absolute Gasteiger partial charge is 0.305 e. The van der Waals surface area contributed by atoms with Gasteiger partial charge < -0.3 is 5.11 Å². The van der Waals surface area contributed by atoms with E-state index in [0.29, 0.717) is 5.92 Å². The number of carbonyl (C=O) groups is 1. The van der Waals surface area contributed by atoms with Crippen molar-refractivity contribution in [2.75, 3.05) is 0 Å². The number of hydrogen-bond acceptors (Lipinski definition) is 4. The predicted octanol–water partition coefficient (Wildman–Crippen LogP) is 2.61. The Kier molecular flexibility index (Phi) is 5.49. The molecule has 0 aromatic carbocycles. The molecule has 20 heavy (non-hydrogen) atoms. The lowest BCUT2D eigenvalue weighted by Gasteiger charge is -2.17. The summed E-state index contributed by atoms with van der Waals surface area (Å²) in [5, 5.41) is 20.9. The van der Waals surface area contributed by atoms with Crippen LogP contribution in [-0.4, -0.2) is 31.3 Å². The minimum absolute atomic E-state index is 0.0825. The molecule has 1 fully saturated rings. The second kappa shape index (κ2) is 7.36. The van der Waals surface area contributed by atoms with E-state index in [2.05, 4.69) is 15.5 Å². The molecule has 0 amide bonds. The van der Waals surface area contributed by atoms with Crippen LogP contribution in [0.2, 0.25) is 0 Å². The molecule has 1 aliphatic carbocycles. The Morgan fingerprint density at radius 3 is 2.65 bits per heavy atom. The molecule has 0 saturated heterocycles. The van der Waals surface area contributed by atoms with Crippen LogP contribution in [0.4, 0.5) is 0 Å². The Bertz CT molecular complexity index is 425. The van der Waals surface area contributed by atoms with Crippen molar-refractivity contribution in [1.29, 1.82) is 0 Å². The van der Waals surface area contributed by atoms with E-state index in [0.717, 1.165) is 18.7 Å². The zero-order valence-electron chi connectivity index (χ0n) is 12.2. The number of tetrazole rings is 1. The predicted molar refractivity (Wildman–Crippen MR) is 74.3 cm³/mol. The van der Waals surface area contributed by atoms with Crippen molar-refractivity contribution in [2.24, 2.45) is 5.92 Å². The van der Waals surface area contributed by atoms with E-state index in [9.17, 15) is 4.79 Å². The highest BCUT2D eigenvalue weighted by molar-refractivity contribution is 5.67. The summed E-state index contributed by atoms with van der Waals surface area (Å²) in [5.41, 5.74) is 0. The van der Waals surface area contributed by atoms with E-state index < -0.39 is 5.97 Å². The van der Waals surface area contributed by atoms with Crippen LogP contribution in [-0.2, 0) is 11.2 Å². The normalized spacial score (nSPS) is 18.6. The van der Waals surface area contributed by atoms with Crippen LogP contribution in [0.5, 0.6) is 0 Å². The van der Waals surface area contributed by atoms with Gasteiger partial charge in [-0.1, -0.05) is 45.4 Å². The topological polar surface area (TPSA) is 80.9 Å². The third-order valence-corrected chi connectivity index (χ3v) is 4.23. The lowest BCUT2D eigenvalue weighted by molar-refractivity contribution is -0.138. The maximum Gasteiger partial charge on any atom is 0.305 e. The van der Waals surface area contributed by atoms with Crippen molar-refractivity contribution in [2.45, 2.75) is 70.8 Å². The average Bonchev–Trinajstić information content (AvgIpc) is 2.71. The monoisotopic (exact) mass is 280 g/mol. The van der Waals surface area contributed by atoms with Gasteiger partial charge in [0.1, 0.15) is 0 Å². The fourth-order valence-corrected chi connectivity index (χ4v) is 3.06. The van der Waals surface area contributed by atoms with Gasteiger partial charge in [0, 0.05) is 6.42 Å². The molecule has 1 N–H and O–H groups in total. The second-order valence-corrected chi connectivity index (χ2v) is 5.76. The minimum atomic E-state index is -0.798. The molecule has 1 atom stereocenters. The van der Waals surface area contributed by atoms with Crippen molar-refractivity contribution in [3.63, 3.8) is 0 Å². The molecule has 1 aromatic heterocycles. The lowest BCUT2D eigenvalue weighted by atomic mass is 9.96. The van der Waals surface area contributed by atoms with Gasteiger partial charge in [0.2, 0.25) is 0 Å². The number of rotatable bonds is 6. The third-order valence-electron chi connectivity index (χ3n) is 4.23. The van der Waals surface area contributed by atoms with Gasteiger partial charge in [0.25, 0.3) is 0 Å². The zero-order chi connectivity index (χ0) is 14.4. The van der Waals surface area contributed by atoms with Gasteiger partial charge in [-0.25, -0.2) is 4.68 Å². The molecule has 1 aliphatic rings. The average molecular weight is 280 g/mol. The first kappa shape index (κ1) is 14.9. The molecule has 6 nitrogen and oxygen atoms in total. The van der Waals surface area contributed by atoms with Crippen LogP contribution >= 0.6 is 0 Å². The van der Waals surface area contributed by atoms with Gasteiger partial charge in [-0.3, -0.25) is 4.79 Å². The molecule has 1 saturated carbocycles. The zero-order valence-corrected chi connectivity index (χ0v) is 12.2. The quantitative estimate of drug-likeness (QED) is 0.810. The van der Waals surface area contributed by atoms with Crippen molar-refractivity contribution >= 4 is 5.97 Å². The molecule has 0 bridgehead atoms. The Labute approximate surface area is 119 Å². The van der Waals surface area contributed by atoms with Gasteiger partial charge in [0.15, 0.2) is 5.82 Å². The van der Waals surface area contributed by atoms with E-state index in [-0.39, 0.29) is 12.5 Å². The number of carboxylic acids is 1. The second-order valence-electron chi connectivity index (χ2n) is 5.76. The van der Waals surface area contributed by atoms with Gasteiger partial charge in [-0.2, -0.15) is 0 Å². The molecule has 1 unspecified atom stereocenters. The summed E-state index contributed by atoms with van der Waals surface area (Å²) in [6.07, 6.45) is 9.41. The van der Waals surface area contributed by atoms with Crippen LogP contribution in [0, 0.1) is 5.92 Å². The highest BCUT2D eigenvalue weighted by Gasteiger charge is 2.21. The summed E-state index contributed by atoms with van der Waals surface area (Å²) < 4.78 is 1.74. The highest BCUT2D eigenvalue weighted by Crippen LogP contribution is 2.26. The van der Waals surface area contributed by atoms with Gasteiger partial charge in [0.05, 0.1) is 12.5 Å². The SMILES string of the molecule is CCC(CC(=O)O)n1nnnc1CC1CCCCCC1. The summed E-state index contributed by atoms with van der Waals surface area (Å²) in [6, 6.07) is -0.136. The van der Waals surface area contributed by atoms with Crippen LogP contribution in [0.15, 0.2) is 0 Å². The molecule has 1 heterocycles. The Balaban J connectivity index is 2.04. The maximum absolute atomic E-state index is 10.9. The summed E-state index contributed by atoms with van der Waals surface area (Å²) in [5.74, 6) is 0.697. The minimum Gasteiger partial charge on any atom is -0.481 e. The fraction of sp³-hybridized carbons (Fsp3) is 0.857. The highest BCUT2D eigenvalue weighted by atomic mass is 16.4. The first-order valence-electron chi connectivity index (χ1n) is 7.69. The Hall–Kier alpha value is -1.46. The maximum atomic E-state index is 10.9. The number of hydrogen-bond donors (Lipinski definition) is 1. The summed E-state index contributed by atoms with van der Waals surface area (Å²) in [7, 11) is 0. The Morgan fingerprint density at radius 2 is 2.05 bits per heavy atom. The number of aliphatic carboxylic acids is 1. The van der Waals surface area contributed by atoms with E-state index in [1.54, 1.807) is 4.68 Å². The third kappa shape index (κ3) is 4.02.